The van der Waals surface area contributed by atoms with Gasteiger partial charge in [0, 0.05) is 44.7 Å². The number of likely N-dealkylation sites (tertiary alicyclic amines) is 1. The van der Waals surface area contributed by atoms with E-state index in [1.807, 2.05) is 56.0 Å². The molecule has 10 nitrogen and oxygen atoms in total. The van der Waals surface area contributed by atoms with E-state index in [-0.39, 0.29) is 54.9 Å². The number of amides is 2. The number of hydrogen-bond donors (Lipinski definition) is 2. The maximum absolute atomic E-state index is 13.0. The molecular weight excluding hydrogens is 516 g/mol. The van der Waals surface area contributed by atoms with Crippen LogP contribution in [0.1, 0.15) is 45.6 Å². The van der Waals surface area contributed by atoms with Crippen molar-refractivity contribution in [2.75, 3.05) is 39.0 Å². The molecule has 1 aromatic carbocycles. The number of nitriles is 1. The molecule has 0 aromatic heterocycles. The molecule has 2 amide bonds. The van der Waals surface area contributed by atoms with Gasteiger partial charge in [-0.3, -0.25) is 15.5 Å². The number of ether oxygens (including phenoxy) is 2. The molecule has 0 saturated carbocycles. The van der Waals surface area contributed by atoms with Crippen LogP contribution >= 0.6 is 11.8 Å². The quantitative estimate of drug-likeness (QED) is 0.562. The minimum Gasteiger partial charge on any atom is -0.445 e. The molecule has 11 heteroatoms. The van der Waals surface area contributed by atoms with Crippen molar-refractivity contribution in [2.24, 2.45) is 5.92 Å². The topological polar surface area (TPSA) is 110 Å². The minimum absolute atomic E-state index is 0.0135. The zero-order chi connectivity index (χ0) is 28.0. The first-order valence-electron chi connectivity index (χ1n) is 13.8. The van der Waals surface area contributed by atoms with E-state index >= 15 is 0 Å². The van der Waals surface area contributed by atoms with E-state index in [9.17, 15) is 14.9 Å². The number of thioether (sulfide) groups is 1. The molecule has 2 N–H and O–H groups in total. The smallest absolute Gasteiger partial charge is 0.410 e. The highest BCUT2D eigenvalue weighted by Crippen LogP contribution is 2.30. The van der Waals surface area contributed by atoms with Crippen molar-refractivity contribution in [3.05, 3.63) is 35.9 Å². The maximum Gasteiger partial charge on any atom is 0.410 e. The van der Waals surface area contributed by atoms with Crippen molar-refractivity contribution in [3.8, 4) is 6.07 Å². The number of piperazine rings is 1. The zero-order valence-electron chi connectivity index (χ0n) is 23.5. The second kappa shape index (κ2) is 13.2. The van der Waals surface area contributed by atoms with Gasteiger partial charge in [-0.1, -0.05) is 30.3 Å². The summed E-state index contributed by atoms with van der Waals surface area (Å²) in [7, 11) is 0. The van der Waals surface area contributed by atoms with E-state index < -0.39 is 5.60 Å². The third-order valence-corrected chi connectivity index (χ3v) is 8.29. The summed E-state index contributed by atoms with van der Waals surface area (Å²) in [4.78, 5) is 31.9. The van der Waals surface area contributed by atoms with E-state index in [4.69, 9.17) is 9.47 Å². The lowest BCUT2D eigenvalue weighted by atomic mass is 9.90. The molecule has 0 aliphatic carbocycles. The predicted octanol–water partition coefficient (Wildman–Crippen LogP) is 3.40. The summed E-state index contributed by atoms with van der Waals surface area (Å²) in [5.41, 5.74) is 0.454. The lowest BCUT2D eigenvalue weighted by Crippen LogP contribution is -2.71. The van der Waals surface area contributed by atoms with Crippen LogP contribution in [0.15, 0.2) is 30.3 Å². The van der Waals surface area contributed by atoms with Crippen LogP contribution in [0.2, 0.25) is 0 Å². The van der Waals surface area contributed by atoms with Crippen molar-refractivity contribution >= 4 is 23.9 Å². The normalized spacial score (nSPS) is 28.1. The van der Waals surface area contributed by atoms with Crippen molar-refractivity contribution in [1.82, 2.24) is 25.3 Å². The average molecular weight is 559 g/mol. The standard InChI is InChI=1S/C28H42N6O4S/c1-28(2,3)38-26(35)33-14-8-11-23-22(18-33)24(31-25(30-23)39-4)32-15-16-34(21(17-32)12-13-29)27(36)37-19-20-9-6-5-7-10-20/h5-7,9-10,21-25,30-31H,8,11-12,14-19H2,1-4H3. The summed E-state index contributed by atoms with van der Waals surface area (Å²) in [6.07, 6.45) is 3.49. The van der Waals surface area contributed by atoms with Crippen LogP contribution in [0, 0.1) is 17.2 Å². The Kier molecular flexibility index (Phi) is 9.99. The number of nitrogens with one attached hydrogen (secondary N) is 2. The van der Waals surface area contributed by atoms with Crippen LogP contribution in [0.4, 0.5) is 9.59 Å². The number of rotatable bonds is 5. The molecule has 0 bridgehead atoms. The van der Waals surface area contributed by atoms with Crippen molar-refractivity contribution < 1.29 is 19.1 Å². The Hall–Kier alpha value is -2.52. The fraction of sp³-hybridized carbons (Fsp3) is 0.679. The lowest BCUT2D eigenvalue weighted by molar-refractivity contribution is -0.0182. The molecule has 3 fully saturated rings. The summed E-state index contributed by atoms with van der Waals surface area (Å²) in [6.45, 7) is 8.80. The van der Waals surface area contributed by atoms with Crippen molar-refractivity contribution in [1.29, 1.82) is 5.26 Å². The molecule has 3 aliphatic heterocycles. The molecule has 4 rings (SSSR count). The molecule has 5 unspecified atom stereocenters. The van der Waals surface area contributed by atoms with Gasteiger partial charge in [-0.05, 0) is 45.4 Å². The van der Waals surface area contributed by atoms with Crippen LogP contribution in [-0.4, -0.2) is 95.2 Å². The molecule has 0 spiro atoms. The first-order chi connectivity index (χ1) is 18.7. The van der Waals surface area contributed by atoms with Gasteiger partial charge in [-0.2, -0.15) is 5.26 Å². The second-order valence-electron chi connectivity index (χ2n) is 11.5. The SMILES string of the molecule is CSC1NC2CCCN(C(=O)OC(C)(C)C)CC2C(N2CCN(C(=O)OCc3ccccc3)C(CC#N)C2)N1. The summed E-state index contributed by atoms with van der Waals surface area (Å²) in [5, 5.41) is 17.1. The Balaban J connectivity index is 1.47. The van der Waals surface area contributed by atoms with Gasteiger partial charge in [0.1, 0.15) is 17.7 Å². The van der Waals surface area contributed by atoms with Gasteiger partial charge in [-0.25, -0.2) is 9.59 Å². The van der Waals surface area contributed by atoms with E-state index in [0.29, 0.717) is 32.7 Å². The minimum atomic E-state index is -0.550. The highest BCUT2D eigenvalue weighted by atomic mass is 32.2. The van der Waals surface area contributed by atoms with E-state index in [0.717, 1.165) is 18.4 Å². The summed E-state index contributed by atoms with van der Waals surface area (Å²) < 4.78 is 11.3. The molecule has 0 radical (unpaired) electrons. The predicted molar refractivity (Wildman–Crippen MR) is 151 cm³/mol. The number of benzene rings is 1. The van der Waals surface area contributed by atoms with Crippen LogP contribution in [0.3, 0.4) is 0 Å². The Labute approximate surface area is 236 Å². The first kappa shape index (κ1) is 29.5. The largest absolute Gasteiger partial charge is 0.445 e. The summed E-state index contributed by atoms with van der Waals surface area (Å²) >= 11 is 1.72. The fourth-order valence-electron chi connectivity index (χ4n) is 5.70. The maximum atomic E-state index is 13.0. The van der Waals surface area contributed by atoms with E-state index in [1.165, 1.54) is 0 Å². The molecule has 1 aromatic rings. The molecule has 39 heavy (non-hydrogen) atoms. The zero-order valence-corrected chi connectivity index (χ0v) is 24.3. The van der Waals surface area contributed by atoms with Gasteiger partial charge in [0.15, 0.2) is 0 Å². The molecule has 5 atom stereocenters. The van der Waals surface area contributed by atoms with Gasteiger partial charge < -0.3 is 19.3 Å². The molecule has 3 saturated heterocycles. The highest BCUT2D eigenvalue weighted by Gasteiger charge is 2.45. The van der Waals surface area contributed by atoms with Crippen molar-refractivity contribution in [2.45, 2.75) is 76.0 Å². The average Bonchev–Trinajstić information content (AvgIpc) is 3.14. The number of carbonyl (C=O) groups excluding carboxylic acids is 2. The van der Waals surface area contributed by atoms with E-state index in [1.54, 1.807) is 16.7 Å². The molecular formula is C28H42N6O4S. The van der Waals surface area contributed by atoms with Crippen molar-refractivity contribution in [3.63, 3.8) is 0 Å². The first-order valence-corrected chi connectivity index (χ1v) is 15.1. The second-order valence-corrected chi connectivity index (χ2v) is 12.4. The number of hydrogen-bond acceptors (Lipinski definition) is 9. The van der Waals surface area contributed by atoms with Gasteiger partial charge in [0.2, 0.25) is 0 Å². The molecule has 3 aliphatic rings. The van der Waals surface area contributed by atoms with Crippen LogP contribution in [0.25, 0.3) is 0 Å². The van der Waals surface area contributed by atoms with Gasteiger partial charge in [-0.15, -0.1) is 11.8 Å². The number of carbonyl (C=O) groups is 2. The Bertz CT molecular complexity index is 1020. The third-order valence-electron chi connectivity index (χ3n) is 7.55. The summed E-state index contributed by atoms with van der Waals surface area (Å²) in [6, 6.07) is 11.8. The molecule has 3 heterocycles. The van der Waals surface area contributed by atoms with Gasteiger partial charge in [0.05, 0.1) is 24.7 Å². The van der Waals surface area contributed by atoms with Gasteiger partial charge in [0.25, 0.3) is 0 Å². The number of nitrogens with zero attached hydrogens (tertiary/aromatic N) is 4. The fourth-order valence-corrected chi connectivity index (χ4v) is 6.28. The Morgan fingerprint density at radius 3 is 2.56 bits per heavy atom. The molecule has 214 valence electrons. The van der Waals surface area contributed by atoms with Crippen LogP contribution in [-0.2, 0) is 16.1 Å². The Morgan fingerprint density at radius 1 is 1.10 bits per heavy atom. The summed E-state index contributed by atoms with van der Waals surface area (Å²) in [5.74, 6) is 0.128. The van der Waals surface area contributed by atoms with E-state index in [2.05, 4.69) is 27.9 Å². The highest BCUT2D eigenvalue weighted by molar-refractivity contribution is 7.99. The Morgan fingerprint density at radius 2 is 1.87 bits per heavy atom. The van der Waals surface area contributed by atoms with Gasteiger partial charge >= 0.3 is 12.2 Å². The van der Waals surface area contributed by atoms with Crippen LogP contribution < -0.4 is 10.6 Å². The monoisotopic (exact) mass is 558 g/mol. The lowest BCUT2D eigenvalue weighted by Gasteiger charge is -2.51. The number of fused-ring (bicyclic) bond motifs is 1. The third kappa shape index (κ3) is 7.78. The van der Waals surface area contributed by atoms with Crippen LogP contribution in [0.5, 0.6) is 0 Å².